The van der Waals surface area contributed by atoms with Crippen molar-refractivity contribution < 1.29 is 14.7 Å². The predicted octanol–water partition coefficient (Wildman–Crippen LogP) is 1.11. The summed E-state index contributed by atoms with van der Waals surface area (Å²) in [6.07, 6.45) is 1.37. The fraction of sp³-hybridized carbons (Fsp3) is 0.800. The normalized spacial score (nSPS) is 22.5. The number of amides is 1. The van der Waals surface area contributed by atoms with Crippen LogP contribution in [0, 0.1) is 5.41 Å². The van der Waals surface area contributed by atoms with Gasteiger partial charge in [-0.05, 0) is 12.8 Å². The molecular weight excluding hydrogens is 182 g/mol. The van der Waals surface area contributed by atoms with Crippen molar-refractivity contribution in [2.45, 2.75) is 39.7 Å². The van der Waals surface area contributed by atoms with Gasteiger partial charge in [0.05, 0.1) is 0 Å². The standard InChI is InChI=1S/C10H17NO3/c1-10(2,3)9(14)11-6-4-5-7(11)8(12)13/h7H,4-6H2,1-3H3,(H,12,13)/t7-/m1/s1. The highest BCUT2D eigenvalue weighted by molar-refractivity contribution is 5.87. The minimum atomic E-state index is -0.889. The number of rotatable bonds is 1. The van der Waals surface area contributed by atoms with Gasteiger partial charge < -0.3 is 10.0 Å². The predicted molar refractivity (Wildman–Crippen MR) is 51.8 cm³/mol. The Morgan fingerprint density at radius 3 is 2.36 bits per heavy atom. The number of hydrogen-bond acceptors (Lipinski definition) is 2. The summed E-state index contributed by atoms with van der Waals surface area (Å²) < 4.78 is 0. The van der Waals surface area contributed by atoms with Crippen molar-refractivity contribution in [1.82, 2.24) is 4.90 Å². The highest BCUT2D eigenvalue weighted by Gasteiger charge is 2.38. The monoisotopic (exact) mass is 199 g/mol. The molecule has 1 aliphatic rings. The van der Waals surface area contributed by atoms with Crippen LogP contribution in [0.4, 0.5) is 0 Å². The van der Waals surface area contributed by atoms with Crippen LogP contribution in [0.15, 0.2) is 0 Å². The fourth-order valence-corrected chi connectivity index (χ4v) is 1.70. The quantitative estimate of drug-likeness (QED) is 0.688. The van der Waals surface area contributed by atoms with E-state index in [0.29, 0.717) is 13.0 Å². The van der Waals surface area contributed by atoms with E-state index in [2.05, 4.69) is 0 Å². The largest absolute Gasteiger partial charge is 0.480 e. The lowest BCUT2D eigenvalue weighted by atomic mass is 9.94. The molecule has 0 radical (unpaired) electrons. The van der Waals surface area contributed by atoms with Crippen LogP contribution in [0.3, 0.4) is 0 Å². The van der Waals surface area contributed by atoms with Gasteiger partial charge in [-0.15, -0.1) is 0 Å². The number of hydrogen-bond donors (Lipinski definition) is 1. The Labute approximate surface area is 83.9 Å². The summed E-state index contributed by atoms with van der Waals surface area (Å²) in [7, 11) is 0. The van der Waals surface area contributed by atoms with Crippen LogP contribution in [0.5, 0.6) is 0 Å². The number of carbonyl (C=O) groups excluding carboxylic acids is 1. The summed E-state index contributed by atoms with van der Waals surface area (Å²) in [6.45, 7) is 6.01. The number of likely N-dealkylation sites (tertiary alicyclic amines) is 1. The molecule has 0 aromatic rings. The first-order valence-corrected chi connectivity index (χ1v) is 4.88. The highest BCUT2D eigenvalue weighted by Crippen LogP contribution is 2.25. The first-order chi connectivity index (χ1) is 6.34. The Morgan fingerprint density at radius 2 is 1.93 bits per heavy atom. The summed E-state index contributed by atoms with van der Waals surface area (Å²) in [6, 6.07) is -0.610. The lowest BCUT2D eigenvalue weighted by Crippen LogP contribution is -2.45. The van der Waals surface area contributed by atoms with E-state index in [0.717, 1.165) is 6.42 Å². The second kappa shape index (κ2) is 3.59. The SMILES string of the molecule is CC(C)(C)C(=O)N1CCC[C@@H]1C(=O)O. The molecule has 0 unspecified atom stereocenters. The molecule has 1 saturated heterocycles. The Hall–Kier alpha value is -1.06. The first-order valence-electron chi connectivity index (χ1n) is 4.88. The van der Waals surface area contributed by atoms with Gasteiger partial charge in [0.2, 0.25) is 5.91 Å². The van der Waals surface area contributed by atoms with Crippen molar-refractivity contribution in [2.75, 3.05) is 6.54 Å². The number of carboxylic acid groups (broad SMARTS) is 1. The minimum absolute atomic E-state index is 0.0672. The number of aliphatic carboxylic acids is 1. The zero-order valence-corrected chi connectivity index (χ0v) is 8.91. The molecule has 1 atom stereocenters. The van der Waals surface area contributed by atoms with Gasteiger partial charge in [0.15, 0.2) is 0 Å². The molecule has 0 spiro atoms. The summed E-state index contributed by atoms with van der Waals surface area (Å²) in [5.74, 6) is -0.956. The molecule has 4 heteroatoms. The van der Waals surface area contributed by atoms with Gasteiger partial charge in [-0.1, -0.05) is 20.8 Å². The van der Waals surface area contributed by atoms with Crippen LogP contribution in [0.2, 0.25) is 0 Å². The van der Waals surface area contributed by atoms with Gasteiger partial charge in [0.25, 0.3) is 0 Å². The molecule has 1 aliphatic heterocycles. The Kier molecular flexibility index (Phi) is 2.83. The molecule has 0 aromatic heterocycles. The van der Waals surface area contributed by atoms with Gasteiger partial charge in [-0.3, -0.25) is 4.79 Å². The number of nitrogens with zero attached hydrogens (tertiary/aromatic N) is 1. The summed E-state index contributed by atoms with van der Waals surface area (Å²) >= 11 is 0. The van der Waals surface area contributed by atoms with Crippen molar-refractivity contribution in [3.8, 4) is 0 Å². The van der Waals surface area contributed by atoms with Crippen LogP contribution in [-0.2, 0) is 9.59 Å². The van der Waals surface area contributed by atoms with Crippen LogP contribution in [0.1, 0.15) is 33.6 Å². The maximum atomic E-state index is 11.8. The molecule has 0 bridgehead atoms. The van der Waals surface area contributed by atoms with Crippen molar-refractivity contribution in [1.29, 1.82) is 0 Å². The average molecular weight is 199 g/mol. The van der Waals surface area contributed by atoms with E-state index in [4.69, 9.17) is 5.11 Å². The zero-order valence-electron chi connectivity index (χ0n) is 8.91. The van der Waals surface area contributed by atoms with E-state index in [1.807, 2.05) is 20.8 Å². The minimum Gasteiger partial charge on any atom is -0.480 e. The van der Waals surface area contributed by atoms with E-state index in [1.165, 1.54) is 4.90 Å². The summed E-state index contributed by atoms with van der Waals surface area (Å²) in [5, 5.41) is 8.90. The summed E-state index contributed by atoms with van der Waals surface area (Å²) in [4.78, 5) is 24.2. The molecule has 1 amide bonds. The molecule has 1 fully saturated rings. The molecular formula is C10H17NO3. The van der Waals surface area contributed by atoms with E-state index in [-0.39, 0.29) is 5.91 Å². The van der Waals surface area contributed by atoms with Gasteiger partial charge >= 0.3 is 5.97 Å². The zero-order chi connectivity index (χ0) is 10.9. The van der Waals surface area contributed by atoms with Crippen LogP contribution in [0.25, 0.3) is 0 Å². The molecule has 80 valence electrons. The molecule has 1 heterocycles. The lowest BCUT2D eigenvalue weighted by Gasteiger charge is -2.28. The summed E-state index contributed by atoms with van der Waals surface area (Å²) in [5.41, 5.74) is -0.488. The van der Waals surface area contributed by atoms with E-state index in [9.17, 15) is 9.59 Å². The molecule has 14 heavy (non-hydrogen) atoms. The molecule has 1 rings (SSSR count). The highest BCUT2D eigenvalue weighted by atomic mass is 16.4. The van der Waals surface area contributed by atoms with E-state index >= 15 is 0 Å². The van der Waals surface area contributed by atoms with E-state index < -0.39 is 17.4 Å². The van der Waals surface area contributed by atoms with Crippen molar-refractivity contribution >= 4 is 11.9 Å². The maximum absolute atomic E-state index is 11.8. The number of carboxylic acids is 1. The Balaban J connectivity index is 2.77. The molecule has 0 aliphatic carbocycles. The van der Waals surface area contributed by atoms with Gasteiger partial charge in [-0.25, -0.2) is 4.79 Å². The van der Waals surface area contributed by atoms with Crippen LogP contribution in [-0.4, -0.2) is 34.5 Å². The second-order valence-electron chi connectivity index (χ2n) is 4.74. The van der Waals surface area contributed by atoms with Crippen LogP contribution >= 0.6 is 0 Å². The molecule has 0 aromatic carbocycles. The van der Waals surface area contributed by atoms with E-state index in [1.54, 1.807) is 0 Å². The van der Waals surface area contributed by atoms with Crippen LogP contribution < -0.4 is 0 Å². The third kappa shape index (κ3) is 2.05. The lowest BCUT2D eigenvalue weighted by molar-refractivity contribution is -0.151. The van der Waals surface area contributed by atoms with Crippen molar-refractivity contribution in [2.24, 2.45) is 5.41 Å². The third-order valence-electron chi connectivity index (χ3n) is 2.44. The maximum Gasteiger partial charge on any atom is 0.326 e. The van der Waals surface area contributed by atoms with Gasteiger partial charge in [-0.2, -0.15) is 0 Å². The Morgan fingerprint density at radius 1 is 1.36 bits per heavy atom. The van der Waals surface area contributed by atoms with Gasteiger partial charge in [0, 0.05) is 12.0 Å². The fourth-order valence-electron chi connectivity index (χ4n) is 1.70. The first kappa shape index (κ1) is 11.0. The van der Waals surface area contributed by atoms with Crippen molar-refractivity contribution in [3.05, 3.63) is 0 Å². The second-order valence-corrected chi connectivity index (χ2v) is 4.74. The third-order valence-corrected chi connectivity index (χ3v) is 2.44. The molecule has 1 N–H and O–H groups in total. The smallest absolute Gasteiger partial charge is 0.326 e. The van der Waals surface area contributed by atoms with Gasteiger partial charge in [0.1, 0.15) is 6.04 Å². The van der Waals surface area contributed by atoms with Crippen molar-refractivity contribution in [3.63, 3.8) is 0 Å². The Bertz CT molecular complexity index is 255. The average Bonchev–Trinajstić information content (AvgIpc) is 2.48. The molecule has 0 saturated carbocycles. The molecule has 4 nitrogen and oxygen atoms in total. The topological polar surface area (TPSA) is 57.6 Å². The number of carbonyl (C=O) groups is 2.